The van der Waals surface area contributed by atoms with Crippen molar-refractivity contribution in [3.05, 3.63) is 56.4 Å². The van der Waals surface area contributed by atoms with Gasteiger partial charge < -0.3 is 14.0 Å². The number of aromatic nitrogens is 1. The molecular weight excluding hydrogens is 372 g/mol. The quantitative estimate of drug-likeness (QED) is 0.402. The van der Waals surface area contributed by atoms with Crippen LogP contribution in [0.3, 0.4) is 0 Å². The molecule has 1 aromatic heterocycles. The van der Waals surface area contributed by atoms with Gasteiger partial charge in [-0.05, 0) is 44.9 Å². The van der Waals surface area contributed by atoms with E-state index in [2.05, 4.69) is 4.57 Å². The molecule has 0 bridgehead atoms. The largest absolute Gasteiger partial charge is 0.478 e. The summed E-state index contributed by atoms with van der Waals surface area (Å²) in [5, 5.41) is 11.4. The Morgan fingerprint density at radius 3 is 2.85 bits per heavy atom. The number of carbonyl (C=O) groups excluding carboxylic acids is 1. The molecular formula is C19H21ClN2O5. The van der Waals surface area contributed by atoms with Crippen LogP contribution in [0.4, 0.5) is 5.69 Å². The molecule has 1 aromatic carbocycles. The molecule has 0 unspecified atom stereocenters. The molecule has 0 saturated carbocycles. The Morgan fingerprint density at radius 1 is 1.41 bits per heavy atom. The zero-order valence-electron chi connectivity index (χ0n) is 15.2. The number of nitro benzene ring substituents is 1. The third-order valence-electron chi connectivity index (χ3n) is 4.76. The van der Waals surface area contributed by atoms with Crippen LogP contribution in [0.15, 0.2) is 24.3 Å². The van der Waals surface area contributed by atoms with Crippen LogP contribution in [0.5, 0.6) is 5.75 Å². The molecule has 7 nitrogen and oxygen atoms in total. The molecule has 1 fully saturated rings. The predicted molar refractivity (Wildman–Crippen MR) is 101 cm³/mol. The molecule has 8 heteroatoms. The van der Waals surface area contributed by atoms with Crippen molar-refractivity contribution in [2.24, 2.45) is 0 Å². The number of halogens is 1. The molecule has 1 saturated heterocycles. The van der Waals surface area contributed by atoms with Gasteiger partial charge in [0.25, 0.3) is 0 Å². The fraction of sp³-hybridized carbons (Fsp3) is 0.421. The van der Waals surface area contributed by atoms with Crippen LogP contribution in [0, 0.1) is 24.0 Å². The molecule has 2 heterocycles. The number of hydrogen-bond acceptors (Lipinski definition) is 5. The van der Waals surface area contributed by atoms with Crippen molar-refractivity contribution in [3.63, 3.8) is 0 Å². The monoisotopic (exact) mass is 392 g/mol. The summed E-state index contributed by atoms with van der Waals surface area (Å²) in [6.07, 6.45) is 2.25. The molecule has 0 spiro atoms. The fourth-order valence-electron chi connectivity index (χ4n) is 3.33. The summed E-state index contributed by atoms with van der Waals surface area (Å²) in [5.74, 6) is -0.211. The van der Waals surface area contributed by atoms with Crippen molar-refractivity contribution in [1.82, 2.24) is 4.57 Å². The minimum Gasteiger partial charge on any atom is -0.478 e. The lowest BCUT2D eigenvalue weighted by atomic mass is 10.1. The van der Waals surface area contributed by atoms with E-state index in [4.69, 9.17) is 21.1 Å². The Balaban J connectivity index is 1.73. The molecule has 1 aliphatic rings. The van der Waals surface area contributed by atoms with Gasteiger partial charge in [0.15, 0.2) is 12.4 Å². The van der Waals surface area contributed by atoms with E-state index in [-0.39, 0.29) is 35.0 Å². The van der Waals surface area contributed by atoms with Crippen LogP contribution >= 0.6 is 11.6 Å². The van der Waals surface area contributed by atoms with Crippen molar-refractivity contribution in [2.75, 3.05) is 13.2 Å². The molecule has 0 aliphatic carbocycles. The van der Waals surface area contributed by atoms with Crippen molar-refractivity contribution in [1.29, 1.82) is 0 Å². The minimum atomic E-state index is -0.584. The normalized spacial score (nSPS) is 16.5. The maximum absolute atomic E-state index is 12.6. The predicted octanol–water partition coefficient (Wildman–Crippen LogP) is 4.11. The van der Waals surface area contributed by atoms with Gasteiger partial charge in [0, 0.05) is 41.2 Å². The van der Waals surface area contributed by atoms with Gasteiger partial charge in [-0.15, -0.1) is 0 Å². The van der Waals surface area contributed by atoms with Gasteiger partial charge in [-0.1, -0.05) is 11.6 Å². The van der Waals surface area contributed by atoms with Gasteiger partial charge in [-0.25, -0.2) is 0 Å². The van der Waals surface area contributed by atoms with Crippen molar-refractivity contribution >= 4 is 23.1 Å². The Labute approximate surface area is 162 Å². The number of ketones is 1. The number of aryl methyl sites for hydroxylation is 1. The molecule has 1 atom stereocenters. The summed E-state index contributed by atoms with van der Waals surface area (Å²) in [6.45, 7) is 5.05. The van der Waals surface area contributed by atoms with E-state index in [1.165, 1.54) is 18.2 Å². The number of benzene rings is 1. The smallest absolute Gasteiger partial charge is 0.312 e. The number of nitrogens with zero attached hydrogens (tertiary/aromatic N) is 2. The maximum Gasteiger partial charge on any atom is 0.312 e. The lowest BCUT2D eigenvalue weighted by Gasteiger charge is -2.14. The average molecular weight is 393 g/mol. The Bertz CT molecular complexity index is 871. The molecule has 27 heavy (non-hydrogen) atoms. The van der Waals surface area contributed by atoms with Crippen LogP contribution in [0.2, 0.25) is 5.02 Å². The van der Waals surface area contributed by atoms with Crippen LogP contribution in [-0.2, 0) is 11.3 Å². The van der Waals surface area contributed by atoms with E-state index in [1.807, 2.05) is 19.9 Å². The lowest BCUT2D eigenvalue weighted by Crippen LogP contribution is -2.18. The van der Waals surface area contributed by atoms with Gasteiger partial charge in [0.2, 0.25) is 5.78 Å². The minimum absolute atomic E-state index is 0.0194. The third-order valence-corrected chi connectivity index (χ3v) is 5.00. The number of ether oxygens (including phenoxy) is 2. The maximum atomic E-state index is 12.6. The first-order chi connectivity index (χ1) is 12.9. The van der Waals surface area contributed by atoms with Gasteiger partial charge in [-0.2, -0.15) is 0 Å². The number of carbonyl (C=O) groups is 1. The van der Waals surface area contributed by atoms with Gasteiger partial charge in [-0.3, -0.25) is 14.9 Å². The summed E-state index contributed by atoms with van der Waals surface area (Å²) in [6, 6.07) is 5.91. The molecule has 2 aromatic rings. The van der Waals surface area contributed by atoms with Gasteiger partial charge in [0.05, 0.1) is 11.0 Å². The zero-order chi connectivity index (χ0) is 19.6. The molecule has 144 valence electrons. The second-order valence-electron chi connectivity index (χ2n) is 6.61. The molecule has 0 N–H and O–H groups in total. The first kappa shape index (κ1) is 19.4. The highest BCUT2D eigenvalue weighted by Crippen LogP contribution is 2.30. The Morgan fingerprint density at radius 2 is 2.19 bits per heavy atom. The highest BCUT2D eigenvalue weighted by atomic mass is 35.5. The van der Waals surface area contributed by atoms with Crippen molar-refractivity contribution in [3.8, 4) is 5.75 Å². The third kappa shape index (κ3) is 4.31. The summed E-state index contributed by atoms with van der Waals surface area (Å²) in [4.78, 5) is 23.2. The van der Waals surface area contributed by atoms with Crippen molar-refractivity contribution in [2.45, 2.75) is 39.3 Å². The van der Waals surface area contributed by atoms with Crippen LogP contribution in [0.1, 0.15) is 34.6 Å². The van der Waals surface area contributed by atoms with E-state index in [9.17, 15) is 14.9 Å². The van der Waals surface area contributed by atoms with E-state index in [0.717, 1.165) is 30.8 Å². The summed E-state index contributed by atoms with van der Waals surface area (Å²) >= 11 is 5.79. The number of rotatable bonds is 7. The molecule has 3 rings (SSSR count). The number of nitro groups is 1. The Hall–Kier alpha value is -2.38. The van der Waals surface area contributed by atoms with E-state index < -0.39 is 4.92 Å². The van der Waals surface area contributed by atoms with E-state index >= 15 is 0 Å². The van der Waals surface area contributed by atoms with Crippen molar-refractivity contribution < 1.29 is 19.2 Å². The fourth-order valence-corrected chi connectivity index (χ4v) is 3.50. The van der Waals surface area contributed by atoms with E-state index in [1.54, 1.807) is 0 Å². The highest BCUT2D eigenvalue weighted by molar-refractivity contribution is 6.30. The molecule has 0 radical (unpaired) electrons. The Kier molecular flexibility index (Phi) is 5.82. The topological polar surface area (TPSA) is 83.6 Å². The first-order valence-corrected chi connectivity index (χ1v) is 9.13. The zero-order valence-corrected chi connectivity index (χ0v) is 16.0. The second-order valence-corrected chi connectivity index (χ2v) is 7.05. The molecule has 1 aliphatic heterocycles. The average Bonchev–Trinajstić information content (AvgIpc) is 3.24. The first-order valence-electron chi connectivity index (χ1n) is 8.75. The summed E-state index contributed by atoms with van der Waals surface area (Å²) < 4.78 is 13.2. The summed E-state index contributed by atoms with van der Waals surface area (Å²) in [5.41, 5.74) is 2.12. The number of hydrogen-bond donors (Lipinski definition) is 0. The highest BCUT2D eigenvalue weighted by Gasteiger charge is 2.22. The van der Waals surface area contributed by atoms with Crippen LogP contribution in [0.25, 0.3) is 0 Å². The summed E-state index contributed by atoms with van der Waals surface area (Å²) in [7, 11) is 0. The van der Waals surface area contributed by atoms with Gasteiger partial charge in [0.1, 0.15) is 0 Å². The second kappa shape index (κ2) is 8.10. The van der Waals surface area contributed by atoms with E-state index in [0.29, 0.717) is 12.1 Å². The van der Waals surface area contributed by atoms with Gasteiger partial charge >= 0.3 is 5.69 Å². The van der Waals surface area contributed by atoms with Crippen LogP contribution in [-0.4, -0.2) is 34.6 Å². The van der Waals surface area contributed by atoms with Crippen LogP contribution < -0.4 is 4.74 Å². The number of Topliss-reactive ketones (excluding diaryl/α,β-unsaturated/α-hetero) is 1. The SMILES string of the molecule is Cc1cc(C(=O)COc2ccc(Cl)cc2[N+](=O)[O-])c(C)n1C[C@@H]1CCCO1. The standard InChI is InChI=1S/C19H21ClN2O5/c1-12-8-16(13(2)21(12)10-15-4-3-7-26-15)18(23)11-27-19-6-5-14(20)9-17(19)22(24)25/h5-6,8-9,15H,3-4,7,10-11H2,1-2H3/t15-/m0/s1. The molecule has 0 amide bonds. The lowest BCUT2D eigenvalue weighted by molar-refractivity contribution is -0.385.